The summed E-state index contributed by atoms with van der Waals surface area (Å²) in [5.74, 6) is -0.514. The molecule has 0 unspecified atom stereocenters. The zero-order chi connectivity index (χ0) is 21.1. The van der Waals surface area contributed by atoms with E-state index in [1.165, 1.54) is 37.3 Å². The molecule has 1 aliphatic heterocycles. The minimum atomic E-state index is -1.07. The van der Waals surface area contributed by atoms with E-state index in [1.807, 2.05) is 0 Å². The second-order valence-electron chi connectivity index (χ2n) is 9.90. The van der Waals surface area contributed by atoms with E-state index < -0.39 is 16.7 Å². The first kappa shape index (κ1) is 20.9. The summed E-state index contributed by atoms with van der Waals surface area (Å²) in [5.41, 5.74) is 10.5. The second kappa shape index (κ2) is 7.27. The van der Waals surface area contributed by atoms with Gasteiger partial charge in [-0.05, 0) is 104 Å². The van der Waals surface area contributed by atoms with Crippen LogP contribution < -0.4 is 11.5 Å². The van der Waals surface area contributed by atoms with Crippen molar-refractivity contribution in [3.05, 3.63) is 15.0 Å². The van der Waals surface area contributed by atoms with Crippen molar-refractivity contribution >= 4 is 39.1 Å². The smallest absolute Gasteiger partial charge is 0.231 e. The average molecular weight is 495 g/mol. The third-order valence-electron chi connectivity index (χ3n) is 8.92. The number of likely N-dealkylation sites (tertiary alicyclic amines) is 1. The van der Waals surface area contributed by atoms with Gasteiger partial charge in [0.2, 0.25) is 11.8 Å². The quantitative estimate of drug-likeness (QED) is 0.541. The number of carbonyl (C=O) groups excluding carboxylic acids is 2. The standard InChI is InChI=1S/C22H31BrN4O2S/c23-16-13-26-19(30-16)22(18(25)29)15-6-5-14(20(15)8-9-20)21(22,17(24)28)7-1-2-10-27-11-3-4-12-27/h13-15H,1-12H2,(H2,24,28)(H2,25,29)/t14-,15+,21+,22-/m1/s1. The van der Waals surface area contributed by atoms with E-state index in [9.17, 15) is 9.59 Å². The summed E-state index contributed by atoms with van der Waals surface area (Å²) in [7, 11) is 0. The summed E-state index contributed by atoms with van der Waals surface area (Å²) < 4.78 is 0.859. The molecule has 1 aromatic rings. The van der Waals surface area contributed by atoms with Gasteiger partial charge in [-0.3, -0.25) is 9.59 Å². The molecule has 2 bridgehead atoms. The molecule has 6 nitrogen and oxygen atoms in total. The lowest BCUT2D eigenvalue weighted by Crippen LogP contribution is -2.63. The Morgan fingerprint density at radius 1 is 1.13 bits per heavy atom. The maximum absolute atomic E-state index is 13.4. The Hall–Kier alpha value is -0.990. The van der Waals surface area contributed by atoms with E-state index in [0.29, 0.717) is 11.4 Å². The molecule has 4 N–H and O–H groups in total. The first-order chi connectivity index (χ1) is 14.4. The van der Waals surface area contributed by atoms with E-state index in [-0.39, 0.29) is 23.2 Å². The minimum Gasteiger partial charge on any atom is -0.369 e. The number of nitrogens with zero attached hydrogens (tertiary/aromatic N) is 2. The Balaban J connectivity index is 1.54. The number of thiazole rings is 1. The molecule has 2 heterocycles. The van der Waals surface area contributed by atoms with Gasteiger partial charge >= 0.3 is 0 Å². The number of rotatable bonds is 8. The Bertz CT molecular complexity index is 865. The van der Waals surface area contributed by atoms with Gasteiger partial charge in [-0.1, -0.05) is 6.42 Å². The second-order valence-corrected chi connectivity index (χ2v) is 12.3. The largest absolute Gasteiger partial charge is 0.369 e. The lowest BCUT2D eigenvalue weighted by atomic mass is 9.53. The number of hydrogen-bond donors (Lipinski definition) is 2. The lowest BCUT2D eigenvalue weighted by Gasteiger charge is -2.48. The number of amides is 2. The predicted octanol–water partition coefficient (Wildman–Crippen LogP) is 3.19. The van der Waals surface area contributed by atoms with Crippen LogP contribution in [0, 0.1) is 22.7 Å². The van der Waals surface area contributed by atoms with Crippen LogP contribution in [0.5, 0.6) is 0 Å². The van der Waals surface area contributed by atoms with Crippen molar-refractivity contribution in [1.82, 2.24) is 9.88 Å². The fraction of sp³-hybridized carbons (Fsp3) is 0.773. The first-order valence-electron chi connectivity index (χ1n) is 11.3. The number of hydrogen-bond acceptors (Lipinski definition) is 5. The molecular weight excluding hydrogens is 464 g/mol. The monoisotopic (exact) mass is 494 g/mol. The molecule has 1 saturated heterocycles. The fourth-order valence-corrected chi connectivity index (χ4v) is 9.39. The van der Waals surface area contributed by atoms with Crippen molar-refractivity contribution in [1.29, 1.82) is 0 Å². The molecule has 5 rings (SSSR count). The van der Waals surface area contributed by atoms with Crippen molar-refractivity contribution in [3.8, 4) is 0 Å². The summed E-state index contributed by atoms with van der Waals surface area (Å²) in [6.07, 6.45) is 10.9. The number of aromatic nitrogens is 1. The molecule has 0 radical (unpaired) electrons. The van der Waals surface area contributed by atoms with Gasteiger partial charge in [0.05, 0.1) is 15.4 Å². The van der Waals surface area contributed by atoms with Crippen molar-refractivity contribution in [3.63, 3.8) is 0 Å². The van der Waals surface area contributed by atoms with Gasteiger partial charge in [0, 0.05) is 0 Å². The molecule has 4 aliphatic rings. The van der Waals surface area contributed by atoms with Crippen LogP contribution in [0.25, 0.3) is 0 Å². The maximum atomic E-state index is 13.4. The Morgan fingerprint density at radius 3 is 2.40 bits per heavy atom. The number of carbonyl (C=O) groups is 2. The highest BCUT2D eigenvalue weighted by Gasteiger charge is 2.84. The molecule has 3 aliphatic carbocycles. The van der Waals surface area contributed by atoms with E-state index >= 15 is 0 Å². The summed E-state index contributed by atoms with van der Waals surface area (Å²) in [6, 6.07) is 0. The summed E-state index contributed by atoms with van der Waals surface area (Å²) >= 11 is 4.96. The van der Waals surface area contributed by atoms with E-state index in [1.54, 1.807) is 6.20 Å². The molecule has 3 saturated carbocycles. The molecular formula is C22H31BrN4O2S. The Kier molecular flexibility index (Phi) is 5.06. The lowest BCUT2D eigenvalue weighted by molar-refractivity contribution is -0.147. The fourth-order valence-electron chi connectivity index (χ4n) is 7.84. The number of unbranched alkanes of at least 4 members (excludes halogenated alkanes) is 1. The Labute approximate surface area is 190 Å². The third kappa shape index (κ3) is 2.59. The van der Waals surface area contributed by atoms with Crippen LogP contribution in [-0.4, -0.2) is 41.3 Å². The molecule has 4 atom stereocenters. The normalized spacial score (nSPS) is 36.6. The summed E-state index contributed by atoms with van der Waals surface area (Å²) in [4.78, 5) is 33.8. The van der Waals surface area contributed by atoms with E-state index in [4.69, 9.17) is 11.5 Å². The van der Waals surface area contributed by atoms with Crippen LogP contribution in [0.1, 0.15) is 62.8 Å². The van der Waals surface area contributed by atoms with Crippen molar-refractivity contribution in [2.45, 2.75) is 63.2 Å². The zero-order valence-corrected chi connectivity index (χ0v) is 19.8. The average Bonchev–Trinajstić information content (AvgIpc) is 3.04. The number of halogens is 1. The number of primary amides is 2. The van der Waals surface area contributed by atoms with Gasteiger partial charge in [-0.15, -0.1) is 11.3 Å². The highest BCUT2D eigenvalue weighted by Crippen LogP contribution is 2.83. The molecule has 2 amide bonds. The van der Waals surface area contributed by atoms with E-state index in [2.05, 4.69) is 25.8 Å². The maximum Gasteiger partial charge on any atom is 0.231 e. The van der Waals surface area contributed by atoms with Crippen LogP contribution in [0.15, 0.2) is 9.98 Å². The Morgan fingerprint density at radius 2 is 1.83 bits per heavy atom. The first-order valence-corrected chi connectivity index (χ1v) is 12.9. The van der Waals surface area contributed by atoms with Crippen molar-refractivity contribution < 1.29 is 9.59 Å². The van der Waals surface area contributed by atoms with Gasteiger partial charge in [0.1, 0.15) is 10.4 Å². The van der Waals surface area contributed by atoms with Gasteiger partial charge in [0.15, 0.2) is 0 Å². The highest BCUT2D eigenvalue weighted by atomic mass is 79.9. The minimum absolute atomic E-state index is 0.0527. The van der Waals surface area contributed by atoms with Gasteiger partial charge in [0.25, 0.3) is 0 Å². The van der Waals surface area contributed by atoms with Gasteiger partial charge < -0.3 is 16.4 Å². The van der Waals surface area contributed by atoms with Crippen LogP contribution in [0.2, 0.25) is 0 Å². The van der Waals surface area contributed by atoms with Crippen LogP contribution in [0.3, 0.4) is 0 Å². The SMILES string of the molecule is NC(=O)[C@]1(CCCCN2CCCC2)[C@@H]2CC[C@@H](C23CC3)[C@@]1(C(N)=O)c1ncc(Br)s1. The molecule has 1 aromatic heterocycles. The predicted molar refractivity (Wildman–Crippen MR) is 120 cm³/mol. The summed E-state index contributed by atoms with van der Waals surface area (Å²) in [6.45, 7) is 3.40. The topological polar surface area (TPSA) is 102 Å². The van der Waals surface area contributed by atoms with E-state index in [0.717, 1.165) is 48.9 Å². The molecule has 0 aromatic carbocycles. The number of nitrogens with two attached hydrogens (primary N) is 2. The third-order valence-corrected chi connectivity index (χ3v) is 10.5. The molecule has 4 fully saturated rings. The van der Waals surface area contributed by atoms with Gasteiger partial charge in [-0.25, -0.2) is 4.98 Å². The molecule has 1 spiro atoms. The van der Waals surface area contributed by atoms with Crippen LogP contribution in [-0.2, 0) is 15.0 Å². The highest BCUT2D eigenvalue weighted by molar-refractivity contribution is 9.11. The molecule has 8 heteroatoms. The summed E-state index contributed by atoms with van der Waals surface area (Å²) in [5, 5.41) is 0.693. The van der Waals surface area contributed by atoms with Crippen LogP contribution >= 0.6 is 27.3 Å². The van der Waals surface area contributed by atoms with Gasteiger partial charge in [-0.2, -0.15) is 0 Å². The van der Waals surface area contributed by atoms with Crippen molar-refractivity contribution in [2.75, 3.05) is 19.6 Å². The molecule has 30 heavy (non-hydrogen) atoms. The zero-order valence-electron chi connectivity index (χ0n) is 17.4. The molecule has 164 valence electrons. The van der Waals surface area contributed by atoms with Crippen molar-refractivity contribution in [2.24, 2.45) is 34.1 Å². The van der Waals surface area contributed by atoms with Crippen LogP contribution in [0.4, 0.5) is 0 Å².